The van der Waals surface area contributed by atoms with Gasteiger partial charge in [0, 0.05) is 12.8 Å². The van der Waals surface area contributed by atoms with Gasteiger partial charge in [0.1, 0.15) is 0 Å². The van der Waals surface area contributed by atoms with Crippen molar-refractivity contribution in [2.24, 2.45) is 0 Å². The van der Waals surface area contributed by atoms with Crippen molar-refractivity contribution in [1.82, 2.24) is 0 Å². The van der Waals surface area contributed by atoms with Crippen LogP contribution in [-0.2, 0) is 0 Å². The third-order valence-electron chi connectivity index (χ3n) is 5.18. The van der Waals surface area contributed by atoms with Gasteiger partial charge in [-0.3, -0.25) is 0 Å². The molecule has 206 valence electrons. The third-order valence-corrected chi connectivity index (χ3v) is 5.18. The van der Waals surface area contributed by atoms with Crippen molar-refractivity contribution in [1.29, 1.82) is 0 Å². The molecule has 34 heavy (non-hydrogen) atoms. The molecule has 0 bridgehead atoms. The number of rotatable bonds is 15. The van der Waals surface area contributed by atoms with E-state index in [1.54, 1.807) is 6.92 Å². The average Bonchev–Trinajstić information content (AvgIpc) is 2.69. The summed E-state index contributed by atoms with van der Waals surface area (Å²) >= 11 is 0. The molecule has 0 atom stereocenters. The van der Waals surface area contributed by atoms with Crippen LogP contribution in [-0.4, -0.2) is 47.4 Å². The molecule has 0 aromatic heterocycles. The van der Waals surface area contributed by atoms with E-state index in [0.717, 1.165) is 0 Å². The summed E-state index contributed by atoms with van der Waals surface area (Å²) < 4.78 is 217. The zero-order valence-electron chi connectivity index (χ0n) is 17.7. The molecule has 0 aromatic rings. The quantitative estimate of drug-likeness (QED) is 0.143. The summed E-state index contributed by atoms with van der Waals surface area (Å²) in [5.74, 6) is -60.1. The lowest BCUT2D eigenvalue weighted by Gasteiger charge is -2.43. The van der Waals surface area contributed by atoms with Crippen molar-refractivity contribution in [2.75, 3.05) is 0 Å². The second kappa shape index (κ2) is 10.1. The van der Waals surface area contributed by atoms with Gasteiger partial charge in [0.2, 0.25) is 0 Å². The smallest absolute Gasteiger partial charge is 0.200 e. The Bertz CT molecular complexity index is 652. The van der Waals surface area contributed by atoms with Gasteiger partial charge < -0.3 is 0 Å². The zero-order valence-corrected chi connectivity index (χ0v) is 17.7. The highest BCUT2D eigenvalue weighted by atomic mass is 19.4. The molecular weight excluding hydrogens is 520 g/mol. The number of alkyl halides is 16. The molecule has 0 aliphatic heterocycles. The van der Waals surface area contributed by atoms with Crippen LogP contribution in [0.3, 0.4) is 0 Å². The molecule has 0 saturated heterocycles. The topological polar surface area (TPSA) is 0 Å². The van der Waals surface area contributed by atoms with Gasteiger partial charge in [0.25, 0.3) is 0 Å². The minimum Gasteiger partial charge on any atom is -0.200 e. The molecule has 0 saturated carbocycles. The van der Waals surface area contributed by atoms with E-state index in [2.05, 4.69) is 0 Å². The zero-order chi connectivity index (χ0) is 27.7. The third kappa shape index (κ3) is 5.05. The average molecular weight is 542 g/mol. The van der Waals surface area contributed by atoms with E-state index < -0.39 is 66.6 Å². The van der Waals surface area contributed by atoms with Gasteiger partial charge in [-0.1, -0.05) is 46.0 Å². The second-order valence-corrected chi connectivity index (χ2v) is 7.73. The van der Waals surface area contributed by atoms with Crippen molar-refractivity contribution in [2.45, 2.75) is 113 Å². The normalized spacial score (nSPS) is 15.7. The highest BCUT2D eigenvalue weighted by Gasteiger charge is 2.94. The molecule has 0 aliphatic rings. The Morgan fingerprint density at radius 3 is 1.00 bits per heavy atom. The maximum Gasteiger partial charge on any atom is 0.384 e. The van der Waals surface area contributed by atoms with E-state index in [1.165, 1.54) is 0 Å². The number of halogens is 16. The van der Waals surface area contributed by atoms with Gasteiger partial charge in [-0.05, 0) is 6.42 Å². The van der Waals surface area contributed by atoms with Crippen LogP contribution in [0.1, 0.15) is 65.2 Å². The number of hydrogen-bond acceptors (Lipinski definition) is 0. The molecule has 0 heterocycles. The Morgan fingerprint density at radius 2 is 0.647 bits per heavy atom. The van der Waals surface area contributed by atoms with Gasteiger partial charge in [-0.2, -0.15) is 70.2 Å². The summed E-state index contributed by atoms with van der Waals surface area (Å²) in [6.07, 6.45) is -4.23. The summed E-state index contributed by atoms with van der Waals surface area (Å²) in [5, 5.41) is 0. The molecule has 0 amide bonds. The minimum atomic E-state index is -8.33. The molecule has 0 unspecified atom stereocenters. The van der Waals surface area contributed by atoms with Crippen LogP contribution in [0.4, 0.5) is 70.2 Å². The molecule has 0 rings (SSSR count). The first-order valence-electron chi connectivity index (χ1n) is 9.90. The molecular formula is C18H22F16. The van der Waals surface area contributed by atoms with E-state index in [0.29, 0.717) is 19.3 Å². The van der Waals surface area contributed by atoms with E-state index in [9.17, 15) is 70.2 Å². The van der Waals surface area contributed by atoms with Crippen molar-refractivity contribution in [3.05, 3.63) is 0 Å². The van der Waals surface area contributed by atoms with Crippen LogP contribution in [0.25, 0.3) is 0 Å². The predicted octanol–water partition coefficient (Wildman–Crippen LogP) is 9.23. The lowest BCUT2D eigenvalue weighted by molar-refractivity contribution is -0.453. The summed E-state index contributed by atoms with van der Waals surface area (Å²) in [5.41, 5.74) is 0. The minimum absolute atomic E-state index is 0.00579. The maximum absolute atomic E-state index is 13.7. The fraction of sp³-hybridized carbons (Fsp3) is 1.00. The number of unbranched alkanes of at least 4 members (excludes halogenated alkanes) is 5. The van der Waals surface area contributed by atoms with Crippen LogP contribution in [0.2, 0.25) is 0 Å². The van der Waals surface area contributed by atoms with Crippen LogP contribution >= 0.6 is 0 Å². The molecule has 0 spiro atoms. The molecule has 0 nitrogen and oxygen atoms in total. The molecule has 0 aliphatic carbocycles. The Hall–Kier alpha value is -1.12. The highest BCUT2D eigenvalue weighted by molar-refractivity contribution is 5.15. The first kappa shape index (κ1) is 32.9. The first-order valence-corrected chi connectivity index (χ1v) is 9.90. The Balaban J connectivity index is 6.18. The van der Waals surface area contributed by atoms with E-state index in [-0.39, 0.29) is 19.8 Å². The molecule has 0 aromatic carbocycles. The largest absolute Gasteiger partial charge is 0.384 e. The summed E-state index contributed by atoms with van der Waals surface area (Å²) in [6.45, 7) is 1.74. The van der Waals surface area contributed by atoms with Gasteiger partial charge in [-0.15, -0.1) is 0 Å². The Morgan fingerprint density at radius 1 is 0.353 bits per heavy atom. The monoisotopic (exact) mass is 542 g/mol. The van der Waals surface area contributed by atoms with Crippen molar-refractivity contribution < 1.29 is 70.2 Å². The van der Waals surface area contributed by atoms with Crippen molar-refractivity contribution >= 4 is 0 Å². The van der Waals surface area contributed by atoms with E-state index in [1.807, 2.05) is 0 Å². The molecule has 0 N–H and O–H groups in total. The Kier molecular flexibility index (Phi) is 9.76. The fourth-order valence-corrected chi connectivity index (χ4v) is 2.75. The van der Waals surface area contributed by atoms with Crippen LogP contribution in [0, 0.1) is 0 Å². The maximum atomic E-state index is 13.7. The van der Waals surface area contributed by atoms with Crippen LogP contribution < -0.4 is 0 Å². The lowest BCUT2D eigenvalue weighted by atomic mass is 9.86. The summed E-state index contributed by atoms with van der Waals surface area (Å²) in [4.78, 5) is 0. The standard InChI is InChI=1S/C18H22F16/c1-3-5-6-7-8-9-10-12(21,22)14(25,26)16(29,30)18(33,34)17(31,32)15(27,28)13(23,24)11(19,20)4-2/h3-10H2,1-2H3. The molecule has 0 radical (unpaired) electrons. The van der Waals surface area contributed by atoms with E-state index >= 15 is 0 Å². The first-order chi connectivity index (χ1) is 14.9. The van der Waals surface area contributed by atoms with Crippen LogP contribution in [0.5, 0.6) is 0 Å². The van der Waals surface area contributed by atoms with Crippen molar-refractivity contribution in [3.63, 3.8) is 0 Å². The molecule has 16 heteroatoms. The predicted molar refractivity (Wildman–Crippen MR) is 87.9 cm³/mol. The lowest BCUT2D eigenvalue weighted by Crippen LogP contribution is -2.74. The van der Waals surface area contributed by atoms with E-state index in [4.69, 9.17) is 0 Å². The SMILES string of the molecule is CCCCCCCCC(F)(F)C(F)(F)C(F)(F)C(F)(F)C(F)(F)C(F)(F)C(F)(F)C(F)(F)CC. The summed E-state index contributed by atoms with van der Waals surface area (Å²) in [7, 11) is 0. The second-order valence-electron chi connectivity index (χ2n) is 7.73. The molecule has 0 fully saturated rings. The van der Waals surface area contributed by atoms with Gasteiger partial charge in [-0.25, -0.2) is 0 Å². The fourth-order valence-electron chi connectivity index (χ4n) is 2.75. The van der Waals surface area contributed by atoms with Gasteiger partial charge in [0.15, 0.2) is 0 Å². The summed E-state index contributed by atoms with van der Waals surface area (Å²) in [6, 6.07) is 0. The van der Waals surface area contributed by atoms with Crippen LogP contribution in [0.15, 0.2) is 0 Å². The van der Waals surface area contributed by atoms with Crippen molar-refractivity contribution in [3.8, 4) is 0 Å². The van der Waals surface area contributed by atoms with Gasteiger partial charge in [0.05, 0.1) is 0 Å². The van der Waals surface area contributed by atoms with Gasteiger partial charge >= 0.3 is 47.4 Å². The number of hydrogen-bond donors (Lipinski definition) is 0. The Labute approximate surface area is 184 Å². The highest BCUT2D eigenvalue weighted by Crippen LogP contribution is 2.64.